The highest BCUT2D eigenvalue weighted by molar-refractivity contribution is 6.78. The van der Waals surface area contributed by atoms with Gasteiger partial charge in [0.05, 0.1) is 8.07 Å². The first-order chi connectivity index (χ1) is 5.12. The molecule has 0 amide bonds. The van der Waals surface area contributed by atoms with Crippen LogP contribution in [0, 0.1) is 0 Å². The summed E-state index contributed by atoms with van der Waals surface area (Å²) in [5, 5.41) is 0. The molecule has 0 aromatic rings. The molecular weight excluding hydrogens is 148 g/mol. The topological polar surface area (TPSA) is 0 Å². The number of hydrogen-bond acceptors (Lipinski definition) is 0. The Hall–Kier alpha value is -0.303. The van der Waals surface area contributed by atoms with Crippen LogP contribution in [0.15, 0.2) is 24.3 Å². The van der Waals surface area contributed by atoms with Gasteiger partial charge >= 0.3 is 0 Å². The van der Waals surface area contributed by atoms with Crippen LogP contribution in [0.4, 0.5) is 0 Å². The summed E-state index contributed by atoms with van der Waals surface area (Å²) in [6.45, 7) is 9.07. The van der Waals surface area contributed by atoms with Gasteiger partial charge in [-0.05, 0) is 25.9 Å². The maximum absolute atomic E-state index is 2.44. The highest BCUT2D eigenvalue weighted by Crippen LogP contribution is 2.16. The third kappa shape index (κ3) is 6.11. The molecule has 0 heterocycles. The van der Waals surface area contributed by atoms with Crippen LogP contribution in [0.25, 0.3) is 0 Å². The molecule has 0 fully saturated rings. The summed E-state index contributed by atoms with van der Waals surface area (Å²) >= 11 is 0. The minimum Gasteiger partial charge on any atom is -0.0919 e. The highest BCUT2D eigenvalue weighted by atomic mass is 28.3. The molecule has 0 saturated carbocycles. The number of hydrogen-bond donors (Lipinski definition) is 0. The first kappa shape index (κ1) is 10.7. The molecule has 11 heavy (non-hydrogen) atoms. The summed E-state index contributed by atoms with van der Waals surface area (Å²) in [7, 11) is -0.919. The average Bonchev–Trinajstić information content (AvgIpc) is 1.97. The summed E-state index contributed by atoms with van der Waals surface area (Å²) < 4.78 is 0. The largest absolute Gasteiger partial charge is 0.0919 e. The lowest BCUT2D eigenvalue weighted by Gasteiger charge is -2.17. The smallest absolute Gasteiger partial charge is 0.0548 e. The van der Waals surface area contributed by atoms with Crippen molar-refractivity contribution in [2.24, 2.45) is 0 Å². The van der Waals surface area contributed by atoms with Crippen LogP contribution in [-0.4, -0.2) is 8.07 Å². The Labute approximate surface area is 72.0 Å². The van der Waals surface area contributed by atoms with Crippen LogP contribution in [0.5, 0.6) is 0 Å². The zero-order chi connectivity index (χ0) is 8.74. The Morgan fingerprint density at radius 3 is 1.55 bits per heavy atom. The lowest BCUT2D eigenvalue weighted by molar-refractivity contribution is 1.40. The Morgan fingerprint density at radius 1 is 0.909 bits per heavy atom. The highest BCUT2D eigenvalue weighted by Gasteiger charge is 2.15. The van der Waals surface area contributed by atoms with E-state index < -0.39 is 8.07 Å². The number of rotatable bonds is 4. The first-order valence-corrected chi connectivity index (χ1v) is 7.76. The summed E-state index contributed by atoms with van der Waals surface area (Å²) in [6, 6.07) is 2.63. The summed E-state index contributed by atoms with van der Waals surface area (Å²) in [5.74, 6) is 0. The quantitative estimate of drug-likeness (QED) is 0.442. The van der Waals surface area contributed by atoms with E-state index in [1.54, 1.807) is 0 Å². The molecule has 64 valence electrons. The van der Waals surface area contributed by atoms with Crippen molar-refractivity contribution in [3.05, 3.63) is 24.3 Å². The van der Waals surface area contributed by atoms with E-state index in [9.17, 15) is 0 Å². The van der Waals surface area contributed by atoms with E-state index in [0.717, 1.165) is 0 Å². The predicted molar refractivity (Wildman–Crippen MR) is 56.7 cm³/mol. The predicted octanol–water partition coefficient (Wildman–Crippen LogP) is 3.85. The van der Waals surface area contributed by atoms with Gasteiger partial charge in [-0.2, -0.15) is 0 Å². The summed E-state index contributed by atoms with van der Waals surface area (Å²) in [6.07, 6.45) is 8.92. The summed E-state index contributed by atoms with van der Waals surface area (Å²) in [4.78, 5) is 0. The van der Waals surface area contributed by atoms with E-state index >= 15 is 0 Å². The van der Waals surface area contributed by atoms with Gasteiger partial charge in [0.15, 0.2) is 0 Å². The van der Waals surface area contributed by atoms with E-state index in [-0.39, 0.29) is 0 Å². The van der Waals surface area contributed by atoms with Gasteiger partial charge in [-0.1, -0.05) is 37.4 Å². The third-order valence-electron chi connectivity index (χ3n) is 1.81. The van der Waals surface area contributed by atoms with Gasteiger partial charge in [-0.3, -0.25) is 0 Å². The zero-order valence-corrected chi connectivity index (χ0v) is 9.22. The molecule has 1 heteroatoms. The fourth-order valence-corrected chi connectivity index (χ4v) is 2.87. The lowest BCUT2D eigenvalue weighted by Crippen LogP contribution is -2.22. The second-order valence-corrected chi connectivity index (χ2v) is 8.86. The van der Waals surface area contributed by atoms with Crippen LogP contribution >= 0.6 is 0 Å². The minimum absolute atomic E-state index is 0.919. The van der Waals surface area contributed by atoms with Crippen molar-refractivity contribution in [3.63, 3.8) is 0 Å². The Kier molecular flexibility index (Phi) is 5.21. The maximum Gasteiger partial charge on any atom is 0.0548 e. The van der Waals surface area contributed by atoms with Gasteiger partial charge in [0.2, 0.25) is 0 Å². The SMILES string of the molecule is CC=CC[Si](C)(C)CC=CC. The van der Waals surface area contributed by atoms with Crippen molar-refractivity contribution >= 4 is 8.07 Å². The lowest BCUT2D eigenvalue weighted by atomic mass is 10.6. The second-order valence-electron chi connectivity index (χ2n) is 3.71. The molecule has 0 aliphatic carbocycles. The standard InChI is InChI=1S/C10H20Si/c1-5-7-9-11(3,4)10-8-6-2/h5-8H,9-10H2,1-4H3. The van der Waals surface area contributed by atoms with Crippen molar-refractivity contribution < 1.29 is 0 Å². The first-order valence-electron chi connectivity index (χ1n) is 4.34. The van der Waals surface area contributed by atoms with E-state index in [2.05, 4.69) is 51.2 Å². The summed E-state index contributed by atoms with van der Waals surface area (Å²) in [5.41, 5.74) is 0. The molecule has 0 N–H and O–H groups in total. The van der Waals surface area contributed by atoms with Gasteiger partial charge in [0.1, 0.15) is 0 Å². The minimum atomic E-state index is -0.919. The van der Waals surface area contributed by atoms with Gasteiger partial charge in [0.25, 0.3) is 0 Å². The average molecular weight is 168 g/mol. The van der Waals surface area contributed by atoms with E-state index in [1.165, 1.54) is 12.1 Å². The van der Waals surface area contributed by atoms with Gasteiger partial charge < -0.3 is 0 Å². The zero-order valence-electron chi connectivity index (χ0n) is 8.22. The molecule has 0 nitrogen and oxygen atoms in total. The Balaban J connectivity index is 3.78. The van der Waals surface area contributed by atoms with E-state index in [1.807, 2.05) is 0 Å². The molecule has 0 bridgehead atoms. The number of allylic oxidation sites excluding steroid dienone is 4. The van der Waals surface area contributed by atoms with Crippen LogP contribution < -0.4 is 0 Å². The van der Waals surface area contributed by atoms with Crippen molar-refractivity contribution in [2.45, 2.75) is 39.0 Å². The van der Waals surface area contributed by atoms with Crippen molar-refractivity contribution in [1.82, 2.24) is 0 Å². The normalized spacial score (nSPS) is 13.5. The molecule has 0 unspecified atom stereocenters. The Bertz CT molecular complexity index is 127. The third-order valence-corrected chi connectivity index (χ3v) is 4.49. The molecule has 0 aromatic heterocycles. The molecule has 0 spiro atoms. The fourth-order valence-electron chi connectivity index (χ4n) is 0.957. The van der Waals surface area contributed by atoms with Gasteiger partial charge in [-0.15, -0.1) is 0 Å². The van der Waals surface area contributed by atoms with Crippen LogP contribution in [0.1, 0.15) is 13.8 Å². The van der Waals surface area contributed by atoms with Crippen molar-refractivity contribution in [3.8, 4) is 0 Å². The van der Waals surface area contributed by atoms with Crippen molar-refractivity contribution in [1.29, 1.82) is 0 Å². The molecule has 0 aliphatic heterocycles. The van der Waals surface area contributed by atoms with Gasteiger partial charge in [0, 0.05) is 0 Å². The van der Waals surface area contributed by atoms with E-state index in [4.69, 9.17) is 0 Å². The van der Waals surface area contributed by atoms with Crippen LogP contribution in [-0.2, 0) is 0 Å². The molecule has 0 radical (unpaired) electrons. The molecule has 0 saturated heterocycles. The molecule has 0 aliphatic rings. The second kappa shape index (κ2) is 5.36. The molecule has 0 aromatic carbocycles. The van der Waals surface area contributed by atoms with Crippen LogP contribution in [0.3, 0.4) is 0 Å². The van der Waals surface area contributed by atoms with Crippen molar-refractivity contribution in [2.75, 3.05) is 0 Å². The van der Waals surface area contributed by atoms with Gasteiger partial charge in [-0.25, -0.2) is 0 Å². The Morgan fingerprint density at radius 2 is 1.27 bits per heavy atom. The monoisotopic (exact) mass is 168 g/mol. The molecular formula is C10H20Si. The van der Waals surface area contributed by atoms with E-state index in [0.29, 0.717) is 0 Å². The maximum atomic E-state index is 2.44. The molecule has 0 atom stereocenters. The van der Waals surface area contributed by atoms with Crippen LogP contribution in [0.2, 0.25) is 25.2 Å². The fraction of sp³-hybridized carbons (Fsp3) is 0.600. The molecule has 0 rings (SSSR count).